The molecule has 3 heteroatoms. The molecule has 2 N–H and O–H groups in total. The highest BCUT2D eigenvalue weighted by Gasteiger charge is 2.36. The summed E-state index contributed by atoms with van der Waals surface area (Å²) in [5, 5.41) is 0.708. The summed E-state index contributed by atoms with van der Waals surface area (Å²) in [6, 6.07) is 0.186. The van der Waals surface area contributed by atoms with E-state index in [1.807, 2.05) is 0 Å². The third kappa shape index (κ3) is 3.36. The maximum atomic E-state index is 12.8. The topological polar surface area (TPSA) is 43.1 Å². The van der Waals surface area contributed by atoms with Gasteiger partial charge in [-0.1, -0.05) is 33.1 Å². The van der Waals surface area contributed by atoms with Crippen molar-refractivity contribution in [1.29, 1.82) is 0 Å². The van der Waals surface area contributed by atoms with Crippen molar-refractivity contribution in [2.24, 2.45) is 17.6 Å². The summed E-state index contributed by atoms with van der Waals surface area (Å²) < 4.78 is 12.8. The fourth-order valence-corrected chi connectivity index (χ4v) is 6.06. The molecule has 0 aromatic carbocycles. The second-order valence-corrected chi connectivity index (χ2v) is 8.44. The minimum atomic E-state index is -0.691. The van der Waals surface area contributed by atoms with Gasteiger partial charge in [-0.05, 0) is 43.9 Å². The molecule has 0 heterocycles. The van der Waals surface area contributed by atoms with Crippen LogP contribution < -0.4 is 5.73 Å². The molecule has 0 amide bonds. The molecule has 0 spiro atoms. The van der Waals surface area contributed by atoms with Gasteiger partial charge in [-0.2, -0.15) is 0 Å². The molecular formula is C15H29NOS. The highest BCUT2D eigenvalue weighted by molar-refractivity contribution is 7.86. The Morgan fingerprint density at radius 3 is 2.61 bits per heavy atom. The quantitative estimate of drug-likeness (QED) is 0.856. The van der Waals surface area contributed by atoms with Crippen molar-refractivity contribution in [2.45, 2.75) is 81.8 Å². The van der Waals surface area contributed by atoms with Crippen LogP contribution in [0.5, 0.6) is 0 Å². The molecule has 2 nitrogen and oxygen atoms in total. The third-order valence-electron chi connectivity index (χ3n) is 5.04. The molecule has 2 fully saturated rings. The Kier molecular flexibility index (Phi) is 5.25. The summed E-state index contributed by atoms with van der Waals surface area (Å²) >= 11 is 0. The fourth-order valence-electron chi connectivity index (χ4n) is 3.71. The molecule has 106 valence electrons. The van der Waals surface area contributed by atoms with Crippen LogP contribution in [0, 0.1) is 11.8 Å². The third-order valence-corrected chi connectivity index (χ3v) is 7.27. The van der Waals surface area contributed by atoms with E-state index in [1.165, 1.54) is 25.7 Å². The Balaban J connectivity index is 1.97. The molecule has 6 unspecified atom stereocenters. The molecule has 0 aromatic rings. The zero-order valence-electron chi connectivity index (χ0n) is 11.9. The second kappa shape index (κ2) is 6.51. The van der Waals surface area contributed by atoms with Crippen LogP contribution in [0.15, 0.2) is 0 Å². The first-order valence-electron chi connectivity index (χ1n) is 7.76. The van der Waals surface area contributed by atoms with Gasteiger partial charge in [0.1, 0.15) is 0 Å². The van der Waals surface area contributed by atoms with Crippen LogP contribution in [0.3, 0.4) is 0 Å². The SMILES string of the molecule is CCC1CCC(N)C(S(=O)C2CCCC(C)C2)C1. The average molecular weight is 271 g/mol. The predicted octanol–water partition coefficient (Wildman–Crippen LogP) is 3.22. The van der Waals surface area contributed by atoms with E-state index in [2.05, 4.69) is 13.8 Å². The predicted molar refractivity (Wildman–Crippen MR) is 79.0 cm³/mol. The van der Waals surface area contributed by atoms with Gasteiger partial charge in [-0.25, -0.2) is 0 Å². The van der Waals surface area contributed by atoms with E-state index in [0.29, 0.717) is 5.25 Å². The normalized spacial score (nSPS) is 43.6. The second-order valence-electron chi connectivity index (χ2n) is 6.51. The molecule has 0 radical (unpaired) electrons. The molecular weight excluding hydrogens is 242 g/mol. The molecule has 2 rings (SSSR count). The largest absolute Gasteiger partial charge is 0.327 e. The molecule has 18 heavy (non-hydrogen) atoms. The summed E-state index contributed by atoms with van der Waals surface area (Å²) in [4.78, 5) is 0. The van der Waals surface area contributed by atoms with E-state index < -0.39 is 10.8 Å². The van der Waals surface area contributed by atoms with Gasteiger partial charge in [0.15, 0.2) is 0 Å². The van der Waals surface area contributed by atoms with E-state index >= 15 is 0 Å². The van der Waals surface area contributed by atoms with Crippen LogP contribution in [0.1, 0.15) is 65.2 Å². The highest BCUT2D eigenvalue weighted by Crippen LogP contribution is 2.34. The smallest absolute Gasteiger partial charge is 0.0504 e. The van der Waals surface area contributed by atoms with Crippen molar-refractivity contribution in [2.75, 3.05) is 0 Å². The Hall–Kier alpha value is 0.110. The van der Waals surface area contributed by atoms with Gasteiger partial charge in [-0.3, -0.25) is 4.21 Å². The molecule has 6 atom stereocenters. The van der Waals surface area contributed by atoms with E-state index in [4.69, 9.17) is 5.73 Å². The number of hydrogen-bond donors (Lipinski definition) is 1. The lowest BCUT2D eigenvalue weighted by molar-refractivity contribution is 0.319. The Labute approximate surface area is 115 Å². The zero-order chi connectivity index (χ0) is 13.1. The summed E-state index contributed by atoms with van der Waals surface area (Å²) in [6.45, 7) is 4.56. The first-order valence-corrected chi connectivity index (χ1v) is 9.04. The molecule has 0 aromatic heterocycles. The first-order chi connectivity index (χ1) is 8.61. The number of nitrogens with two attached hydrogens (primary N) is 1. The molecule has 0 bridgehead atoms. The Morgan fingerprint density at radius 2 is 1.94 bits per heavy atom. The van der Waals surface area contributed by atoms with Gasteiger partial charge in [0.25, 0.3) is 0 Å². The van der Waals surface area contributed by atoms with Crippen LogP contribution in [0.4, 0.5) is 0 Å². The molecule has 2 saturated carbocycles. The first kappa shape index (κ1) is 14.5. The number of hydrogen-bond acceptors (Lipinski definition) is 2. The van der Waals surface area contributed by atoms with Crippen molar-refractivity contribution >= 4 is 10.8 Å². The van der Waals surface area contributed by atoms with Gasteiger partial charge in [-0.15, -0.1) is 0 Å². The lowest BCUT2D eigenvalue weighted by atomic mass is 9.84. The van der Waals surface area contributed by atoms with Crippen LogP contribution in [0.25, 0.3) is 0 Å². The monoisotopic (exact) mass is 271 g/mol. The van der Waals surface area contributed by atoms with Crippen LogP contribution in [-0.4, -0.2) is 20.8 Å². The van der Waals surface area contributed by atoms with Gasteiger partial charge < -0.3 is 5.73 Å². The summed E-state index contributed by atoms with van der Waals surface area (Å²) in [6.07, 6.45) is 9.56. The van der Waals surface area contributed by atoms with Gasteiger partial charge in [0.2, 0.25) is 0 Å². The lowest BCUT2D eigenvalue weighted by Crippen LogP contribution is -2.46. The van der Waals surface area contributed by atoms with Gasteiger partial charge in [0.05, 0.1) is 5.25 Å². The molecule has 0 aliphatic heterocycles. The van der Waals surface area contributed by atoms with Gasteiger partial charge >= 0.3 is 0 Å². The standard InChI is InChI=1S/C15H29NOS/c1-3-12-7-8-14(16)15(10-12)18(17)13-6-4-5-11(2)9-13/h11-15H,3-10,16H2,1-2H3. The maximum Gasteiger partial charge on any atom is 0.0504 e. The van der Waals surface area contributed by atoms with Crippen molar-refractivity contribution in [3.05, 3.63) is 0 Å². The van der Waals surface area contributed by atoms with Crippen molar-refractivity contribution in [3.8, 4) is 0 Å². The van der Waals surface area contributed by atoms with Crippen LogP contribution in [-0.2, 0) is 10.8 Å². The van der Waals surface area contributed by atoms with Crippen LogP contribution in [0.2, 0.25) is 0 Å². The van der Waals surface area contributed by atoms with Gasteiger partial charge in [0, 0.05) is 22.1 Å². The summed E-state index contributed by atoms with van der Waals surface area (Å²) in [5.41, 5.74) is 6.25. The fraction of sp³-hybridized carbons (Fsp3) is 1.00. The van der Waals surface area contributed by atoms with Crippen molar-refractivity contribution in [1.82, 2.24) is 0 Å². The zero-order valence-corrected chi connectivity index (χ0v) is 12.8. The lowest BCUT2D eigenvalue weighted by Gasteiger charge is -2.37. The van der Waals surface area contributed by atoms with E-state index in [9.17, 15) is 4.21 Å². The van der Waals surface area contributed by atoms with E-state index in [-0.39, 0.29) is 11.3 Å². The molecule has 2 aliphatic rings. The van der Waals surface area contributed by atoms with E-state index in [0.717, 1.165) is 37.5 Å². The van der Waals surface area contributed by atoms with Crippen LogP contribution >= 0.6 is 0 Å². The summed E-state index contributed by atoms with van der Waals surface area (Å²) in [7, 11) is -0.691. The minimum absolute atomic E-state index is 0.186. The highest BCUT2D eigenvalue weighted by atomic mass is 32.2. The van der Waals surface area contributed by atoms with Crippen molar-refractivity contribution < 1.29 is 4.21 Å². The number of rotatable bonds is 3. The van der Waals surface area contributed by atoms with Crippen molar-refractivity contribution in [3.63, 3.8) is 0 Å². The van der Waals surface area contributed by atoms with E-state index in [1.54, 1.807) is 0 Å². The minimum Gasteiger partial charge on any atom is -0.327 e. The molecule has 0 saturated heterocycles. The Bertz CT molecular complexity index is 294. The average Bonchev–Trinajstić information content (AvgIpc) is 2.38. The summed E-state index contributed by atoms with van der Waals surface area (Å²) in [5.74, 6) is 1.52. The molecule has 2 aliphatic carbocycles. The maximum absolute atomic E-state index is 12.8. The Morgan fingerprint density at radius 1 is 1.17 bits per heavy atom.